The van der Waals surface area contributed by atoms with Crippen molar-refractivity contribution >= 4 is 5.78 Å². The maximum absolute atomic E-state index is 11.5. The zero-order valence-corrected chi connectivity index (χ0v) is 9.73. The van der Waals surface area contributed by atoms with Crippen LogP contribution in [-0.4, -0.2) is 5.78 Å². The molecule has 0 amide bonds. The largest absolute Gasteiger partial charge is 0.300 e. The second kappa shape index (κ2) is 4.77. The Bertz CT molecular complexity index is 236. The minimum atomic E-state index is 0.300. The van der Waals surface area contributed by atoms with Crippen molar-refractivity contribution in [2.24, 2.45) is 5.41 Å². The summed E-state index contributed by atoms with van der Waals surface area (Å²) < 4.78 is 0. The van der Waals surface area contributed by atoms with Crippen LogP contribution < -0.4 is 0 Å². The van der Waals surface area contributed by atoms with E-state index in [1.165, 1.54) is 5.57 Å². The van der Waals surface area contributed by atoms with Gasteiger partial charge in [-0.25, -0.2) is 0 Å². The Hall–Kier alpha value is -0.590. The molecule has 1 nitrogen and oxygen atoms in total. The molecular weight excluding hydrogens is 172 g/mol. The van der Waals surface area contributed by atoms with Crippen LogP contribution in [0, 0.1) is 5.41 Å². The van der Waals surface area contributed by atoms with Gasteiger partial charge in [0.15, 0.2) is 0 Å². The third kappa shape index (κ3) is 4.08. The first kappa shape index (κ1) is 11.5. The van der Waals surface area contributed by atoms with E-state index in [0.29, 0.717) is 11.2 Å². The fraction of sp³-hybridized carbons (Fsp3) is 0.769. The first-order chi connectivity index (χ1) is 6.49. The molecule has 0 aromatic carbocycles. The van der Waals surface area contributed by atoms with Gasteiger partial charge in [0.1, 0.15) is 5.78 Å². The molecule has 0 aromatic heterocycles. The topological polar surface area (TPSA) is 17.1 Å². The van der Waals surface area contributed by atoms with Gasteiger partial charge in [0.05, 0.1) is 0 Å². The smallest absolute Gasteiger partial charge is 0.132 e. The summed E-state index contributed by atoms with van der Waals surface area (Å²) in [7, 11) is 0. The van der Waals surface area contributed by atoms with Crippen LogP contribution in [0.25, 0.3) is 0 Å². The highest BCUT2D eigenvalue weighted by Crippen LogP contribution is 2.29. The molecule has 0 spiro atoms. The van der Waals surface area contributed by atoms with E-state index in [0.717, 1.165) is 38.5 Å². The fourth-order valence-electron chi connectivity index (χ4n) is 1.82. The molecule has 0 aliphatic heterocycles. The zero-order valence-electron chi connectivity index (χ0n) is 9.73. The fourth-order valence-corrected chi connectivity index (χ4v) is 1.82. The minimum Gasteiger partial charge on any atom is -0.300 e. The number of carbonyl (C=O) groups excluding carboxylic acids is 1. The normalized spacial score (nSPS) is 27.9. The first-order valence-electron chi connectivity index (χ1n) is 5.67. The molecule has 0 radical (unpaired) electrons. The summed E-state index contributed by atoms with van der Waals surface area (Å²) in [6, 6.07) is 0. The molecule has 1 aliphatic rings. The summed E-state index contributed by atoms with van der Waals surface area (Å²) in [6.45, 7) is 6.69. The van der Waals surface area contributed by atoms with E-state index < -0.39 is 0 Å². The molecule has 0 aromatic rings. The number of ketones is 1. The summed E-state index contributed by atoms with van der Waals surface area (Å²) in [5.74, 6) is 0.452. The molecule has 1 aliphatic carbocycles. The van der Waals surface area contributed by atoms with Gasteiger partial charge in [-0.15, -0.1) is 0 Å². The SMILES string of the molecule is C/C1=C\CC(C)(C)CCC(=O)CCC1. The molecule has 80 valence electrons. The van der Waals surface area contributed by atoms with Crippen molar-refractivity contribution < 1.29 is 4.79 Å². The molecule has 0 saturated carbocycles. The number of hydrogen-bond acceptors (Lipinski definition) is 1. The third-order valence-corrected chi connectivity index (χ3v) is 3.11. The second-order valence-electron chi connectivity index (χ2n) is 5.31. The van der Waals surface area contributed by atoms with Crippen LogP contribution in [-0.2, 0) is 4.79 Å². The van der Waals surface area contributed by atoms with Crippen LogP contribution in [0.4, 0.5) is 0 Å². The number of rotatable bonds is 0. The predicted octanol–water partition coefficient (Wildman–Crippen LogP) is 3.88. The Morgan fingerprint density at radius 3 is 2.64 bits per heavy atom. The molecule has 0 heterocycles. The van der Waals surface area contributed by atoms with Gasteiger partial charge in [-0.05, 0) is 38.0 Å². The molecular formula is C13H22O. The van der Waals surface area contributed by atoms with Crippen LogP contribution in [0.5, 0.6) is 0 Å². The van der Waals surface area contributed by atoms with Crippen molar-refractivity contribution in [2.75, 3.05) is 0 Å². The maximum Gasteiger partial charge on any atom is 0.132 e. The van der Waals surface area contributed by atoms with Gasteiger partial charge in [-0.1, -0.05) is 25.5 Å². The van der Waals surface area contributed by atoms with Crippen molar-refractivity contribution in [1.82, 2.24) is 0 Å². The lowest BCUT2D eigenvalue weighted by atomic mass is 9.82. The van der Waals surface area contributed by atoms with Crippen molar-refractivity contribution in [3.63, 3.8) is 0 Å². The summed E-state index contributed by atoms with van der Waals surface area (Å²) in [4.78, 5) is 11.5. The summed E-state index contributed by atoms with van der Waals surface area (Å²) in [6.07, 6.45) is 8.21. The molecule has 1 rings (SSSR count). The van der Waals surface area contributed by atoms with Crippen LogP contribution in [0.1, 0.15) is 59.3 Å². The van der Waals surface area contributed by atoms with Crippen LogP contribution >= 0.6 is 0 Å². The van der Waals surface area contributed by atoms with Gasteiger partial charge in [0, 0.05) is 12.8 Å². The Morgan fingerprint density at radius 1 is 1.21 bits per heavy atom. The van der Waals surface area contributed by atoms with E-state index in [1.807, 2.05) is 0 Å². The highest BCUT2D eigenvalue weighted by molar-refractivity contribution is 5.78. The molecule has 0 N–H and O–H groups in total. The molecule has 0 atom stereocenters. The quantitative estimate of drug-likeness (QED) is 0.535. The first-order valence-corrected chi connectivity index (χ1v) is 5.67. The molecule has 0 bridgehead atoms. The van der Waals surface area contributed by atoms with E-state index in [-0.39, 0.29) is 0 Å². The molecule has 0 fully saturated rings. The van der Waals surface area contributed by atoms with Gasteiger partial charge in [-0.2, -0.15) is 0 Å². The van der Waals surface area contributed by atoms with Crippen LogP contribution in [0.2, 0.25) is 0 Å². The van der Waals surface area contributed by atoms with Gasteiger partial charge in [0.25, 0.3) is 0 Å². The average Bonchev–Trinajstić information content (AvgIpc) is 2.11. The van der Waals surface area contributed by atoms with E-state index >= 15 is 0 Å². The van der Waals surface area contributed by atoms with Crippen molar-refractivity contribution in [1.29, 1.82) is 0 Å². The number of allylic oxidation sites excluding steroid dienone is 2. The van der Waals surface area contributed by atoms with Gasteiger partial charge in [-0.3, -0.25) is 4.79 Å². The van der Waals surface area contributed by atoms with Crippen molar-refractivity contribution in [3.8, 4) is 0 Å². The lowest BCUT2D eigenvalue weighted by molar-refractivity contribution is -0.119. The van der Waals surface area contributed by atoms with E-state index in [2.05, 4.69) is 26.8 Å². The predicted molar refractivity (Wildman–Crippen MR) is 60.2 cm³/mol. The Kier molecular flexibility index (Phi) is 3.91. The summed E-state index contributed by atoms with van der Waals surface area (Å²) >= 11 is 0. The highest BCUT2D eigenvalue weighted by Gasteiger charge is 2.18. The van der Waals surface area contributed by atoms with E-state index in [1.54, 1.807) is 0 Å². The lowest BCUT2D eigenvalue weighted by Gasteiger charge is -2.23. The Morgan fingerprint density at radius 2 is 1.93 bits per heavy atom. The van der Waals surface area contributed by atoms with Crippen molar-refractivity contribution in [2.45, 2.75) is 59.3 Å². The van der Waals surface area contributed by atoms with Crippen LogP contribution in [0.15, 0.2) is 11.6 Å². The molecule has 0 unspecified atom stereocenters. The summed E-state index contributed by atoms with van der Waals surface area (Å²) in [5.41, 5.74) is 1.75. The maximum atomic E-state index is 11.5. The lowest BCUT2D eigenvalue weighted by Crippen LogP contribution is -2.13. The monoisotopic (exact) mass is 194 g/mol. The standard InChI is InChI=1S/C13H22O/c1-11-5-4-6-12(14)8-10-13(2,3)9-7-11/h7H,4-6,8-10H2,1-3H3/b11-7+. The Balaban J connectivity index is 2.64. The minimum absolute atomic E-state index is 0.300. The molecule has 0 saturated heterocycles. The second-order valence-corrected chi connectivity index (χ2v) is 5.31. The van der Waals surface area contributed by atoms with E-state index in [4.69, 9.17) is 0 Å². The molecule has 14 heavy (non-hydrogen) atoms. The summed E-state index contributed by atoms with van der Waals surface area (Å²) in [5, 5.41) is 0. The highest BCUT2D eigenvalue weighted by atomic mass is 16.1. The van der Waals surface area contributed by atoms with Crippen LogP contribution in [0.3, 0.4) is 0 Å². The van der Waals surface area contributed by atoms with Crippen molar-refractivity contribution in [3.05, 3.63) is 11.6 Å². The average molecular weight is 194 g/mol. The number of Topliss-reactive ketones (excluding diaryl/α,β-unsaturated/α-hetero) is 1. The van der Waals surface area contributed by atoms with Gasteiger partial charge >= 0.3 is 0 Å². The van der Waals surface area contributed by atoms with Gasteiger partial charge < -0.3 is 0 Å². The van der Waals surface area contributed by atoms with E-state index in [9.17, 15) is 4.79 Å². The number of carbonyl (C=O) groups is 1. The third-order valence-electron chi connectivity index (χ3n) is 3.11. The molecule has 1 heteroatoms. The zero-order chi connectivity index (χ0) is 10.6. The Labute approximate surface area is 87.6 Å². The number of hydrogen-bond donors (Lipinski definition) is 0. The van der Waals surface area contributed by atoms with Gasteiger partial charge in [0.2, 0.25) is 0 Å².